The zero-order valence-electron chi connectivity index (χ0n) is 10.4. The Kier molecular flexibility index (Phi) is 3.91. The minimum Gasteiger partial charge on any atom is -0.333 e. The Labute approximate surface area is 112 Å². The summed E-state index contributed by atoms with van der Waals surface area (Å²) in [7, 11) is 0. The van der Waals surface area contributed by atoms with Gasteiger partial charge in [-0.3, -0.25) is 9.59 Å². The number of nitrogens with zero attached hydrogens (tertiary/aromatic N) is 2. The molecular formula is C12H12F3N3O2. The van der Waals surface area contributed by atoms with Crippen LogP contribution in [0.1, 0.15) is 6.42 Å². The molecule has 2 heterocycles. The monoisotopic (exact) mass is 287 g/mol. The van der Waals surface area contributed by atoms with Gasteiger partial charge in [-0.1, -0.05) is 6.07 Å². The lowest BCUT2D eigenvalue weighted by atomic mass is 10.1. The van der Waals surface area contributed by atoms with E-state index in [1.807, 2.05) is 0 Å². The first kappa shape index (κ1) is 14.3. The van der Waals surface area contributed by atoms with E-state index in [0.717, 1.165) is 0 Å². The molecule has 0 aliphatic carbocycles. The van der Waals surface area contributed by atoms with E-state index in [9.17, 15) is 22.8 Å². The number of hydrogen-bond acceptors (Lipinski definition) is 3. The maximum absolute atomic E-state index is 12.3. The van der Waals surface area contributed by atoms with E-state index in [4.69, 9.17) is 0 Å². The van der Waals surface area contributed by atoms with Gasteiger partial charge in [0.25, 0.3) is 0 Å². The molecule has 1 aromatic rings. The molecule has 1 atom stereocenters. The highest BCUT2D eigenvalue weighted by Crippen LogP contribution is 2.24. The first-order chi connectivity index (χ1) is 9.35. The lowest BCUT2D eigenvalue weighted by molar-refractivity contribution is -0.157. The molecule has 0 spiro atoms. The van der Waals surface area contributed by atoms with Crippen molar-refractivity contribution in [2.75, 3.05) is 18.4 Å². The number of alkyl halides is 3. The normalized spacial score (nSPS) is 19.2. The Bertz CT molecular complexity index is 504. The third-order valence-electron chi connectivity index (χ3n) is 2.87. The second-order valence-corrected chi connectivity index (χ2v) is 4.49. The summed E-state index contributed by atoms with van der Waals surface area (Å²) < 4.78 is 36.8. The average Bonchev–Trinajstić information content (AvgIpc) is 2.70. The quantitative estimate of drug-likeness (QED) is 0.914. The molecule has 2 rings (SSSR count). The molecule has 1 aliphatic rings. The third kappa shape index (κ3) is 3.69. The maximum atomic E-state index is 12.3. The number of hydrogen-bond donors (Lipinski definition) is 1. The van der Waals surface area contributed by atoms with Crippen LogP contribution < -0.4 is 5.32 Å². The molecule has 1 aromatic heterocycles. The smallest absolute Gasteiger partial charge is 0.333 e. The molecule has 5 nitrogen and oxygen atoms in total. The molecular weight excluding hydrogens is 275 g/mol. The Hall–Kier alpha value is -2.12. The fourth-order valence-electron chi connectivity index (χ4n) is 1.98. The van der Waals surface area contributed by atoms with Gasteiger partial charge in [-0.2, -0.15) is 13.2 Å². The van der Waals surface area contributed by atoms with Gasteiger partial charge in [0, 0.05) is 19.2 Å². The van der Waals surface area contributed by atoms with E-state index in [1.165, 1.54) is 6.20 Å². The van der Waals surface area contributed by atoms with Crippen LogP contribution in [0.2, 0.25) is 0 Å². The molecule has 1 fully saturated rings. The van der Waals surface area contributed by atoms with Crippen molar-refractivity contribution in [3.8, 4) is 0 Å². The second kappa shape index (κ2) is 5.48. The average molecular weight is 287 g/mol. The summed E-state index contributed by atoms with van der Waals surface area (Å²) in [4.78, 5) is 27.8. The van der Waals surface area contributed by atoms with Crippen molar-refractivity contribution in [3.63, 3.8) is 0 Å². The number of amides is 2. The maximum Gasteiger partial charge on any atom is 0.406 e. The summed E-state index contributed by atoms with van der Waals surface area (Å²) in [5.41, 5.74) is 0. The molecule has 8 heteroatoms. The zero-order valence-corrected chi connectivity index (χ0v) is 10.4. The minimum absolute atomic E-state index is 0.214. The number of pyridine rings is 1. The highest BCUT2D eigenvalue weighted by Gasteiger charge is 2.40. The summed E-state index contributed by atoms with van der Waals surface area (Å²) in [6.45, 7) is -1.55. The molecule has 0 saturated carbocycles. The first-order valence-electron chi connectivity index (χ1n) is 5.91. The molecule has 108 valence electrons. The van der Waals surface area contributed by atoms with E-state index >= 15 is 0 Å². The van der Waals surface area contributed by atoms with Crippen LogP contribution in [0.4, 0.5) is 19.0 Å². The summed E-state index contributed by atoms with van der Waals surface area (Å²) in [6.07, 6.45) is -3.19. The van der Waals surface area contributed by atoms with Crippen LogP contribution in [0.3, 0.4) is 0 Å². The number of nitrogens with one attached hydrogen (secondary N) is 1. The van der Waals surface area contributed by atoms with Crippen molar-refractivity contribution in [1.82, 2.24) is 9.88 Å². The molecule has 2 amide bonds. The molecule has 20 heavy (non-hydrogen) atoms. The van der Waals surface area contributed by atoms with E-state index in [1.54, 1.807) is 18.2 Å². The Morgan fingerprint density at radius 2 is 2.20 bits per heavy atom. The summed E-state index contributed by atoms with van der Waals surface area (Å²) in [5.74, 6) is -1.64. The van der Waals surface area contributed by atoms with Gasteiger partial charge in [-0.05, 0) is 12.1 Å². The van der Waals surface area contributed by atoms with Gasteiger partial charge in [-0.15, -0.1) is 0 Å². The van der Waals surface area contributed by atoms with Gasteiger partial charge in [0.2, 0.25) is 11.8 Å². The topological polar surface area (TPSA) is 62.3 Å². The number of halogens is 3. The minimum atomic E-state index is -4.46. The number of likely N-dealkylation sites (tertiary alicyclic amines) is 1. The van der Waals surface area contributed by atoms with Crippen LogP contribution in [0.25, 0.3) is 0 Å². The van der Waals surface area contributed by atoms with Crippen LogP contribution in [-0.4, -0.2) is 41.0 Å². The predicted molar refractivity (Wildman–Crippen MR) is 63.6 cm³/mol. The Morgan fingerprint density at radius 1 is 1.45 bits per heavy atom. The van der Waals surface area contributed by atoms with Crippen molar-refractivity contribution in [1.29, 1.82) is 0 Å². The fourth-order valence-corrected chi connectivity index (χ4v) is 1.98. The van der Waals surface area contributed by atoms with Crippen LogP contribution in [-0.2, 0) is 9.59 Å². The number of carbonyl (C=O) groups excluding carboxylic acids is 2. The molecule has 0 aromatic carbocycles. The zero-order chi connectivity index (χ0) is 14.8. The Balaban J connectivity index is 1.94. The predicted octanol–water partition coefficient (Wildman–Crippen LogP) is 1.43. The van der Waals surface area contributed by atoms with Crippen molar-refractivity contribution < 1.29 is 22.8 Å². The molecule has 0 bridgehead atoms. The lowest BCUT2D eigenvalue weighted by Gasteiger charge is -2.18. The molecule has 0 radical (unpaired) electrons. The van der Waals surface area contributed by atoms with Crippen molar-refractivity contribution in [2.24, 2.45) is 5.92 Å². The van der Waals surface area contributed by atoms with Crippen LogP contribution in [0.15, 0.2) is 24.4 Å². The molecule has 0 unspecified atom stereocenters. The Morgan fingerprint density at radius 3 is 2.80 bits per heavy atom. The summed E-state index contributed by atoms with van der Waals surface area (Å²) in [6, 6.07) is 4.89. The van der Waals surface area contributed by atoms with Crippen LogP contribution in [0.5, 0.6) is 0 Å². The number of carbonyl (C=O) groups is 2. The van der Waals surface area contributed by atoms with E-state index in [-0.39, 0.29) is 13.0 Å². The van der Waals surface area contributed by atoms with Crippen molar-refractivity contribution in [3.05, 3.63) is 24.4 Å². The standard InChI is InChI=1S/C12H12F3N3O2/c13-12(14,15)7-18-6-8(5-10(18)19)11(20)17-9-3-1-2-4-16-9/h1-4,8H,5-7H2,(H,16,17,20)/t8-/m1/s1. The third-order valence-corrected chi connectivity index (χ3v) is 2.87. The van der Waals surface area contributed by atoms with Gasteiger partial charge in [0.15, 0.2) is 0 Å². The van der Waals surface area contributed by atoms with Crippen molar-refractivity contribution in [2.45, 2.75) is 12.6 Å². The van der Waals surface area contributed by atoms with Crippen molar-refractivity contribution >= 4 is 17.6 Å². The first-order valence-corrected chi connectivity index (χ1v) is 5.91. The highest BCUT2D eigenvalue weighted by atomic mass is 19.4. The number of aromatic nitrogens is 1. The molecule has 1 N–H and O–H groups in total. The lowest BCUT2D eigenvalue weighted by Crippen LogP contribution is -2.36. The van der Waals surface area contributed by atoms with Crippen LogP contribution in [0, 0.1) is 5.92 Å². The largest absolute Gasteiger partial charge is 0.406 e. The van der Waals surface area contributed by atoms with Gasteiger partial charge < -0.3 is 10.2 Å². The van der Waals surface area contributed by atoms with Gasteiger partial charge in [0.05, 0.1) is 5.92 Å². The molecule has 1 saturated heterocycles. The van der Waals surface area contributed by atoms with Crippen LogP contribution >= 0.6 is 0 Å². The van der Waals surface area contributed by atoms with Gasteiger partial charge in [-0.25, -0.2) is 4.98 Å². The van der Waals surface area contributed by atoms with Gasteiger partial charge >= 0.3 is 6.18 Å². The van der Waals surface area contributed by atoms with E-state index in [0.29, 0.717) is 10.7 Å². The van der Waals surface area contributed by atoms with Gasteiger partial charge in [0.1, 0.15) is 12.4 Å². The summed E-state index contributed by atoms with van der Waals surface area (Å²) >= 11 is 0. The second-order valence-electron chi connectivity index (χ2n) is 4.49. The SMILES string of the molecule is O=C(Nc1ccccn1)[C@@H]1CC(=O)N(CC(F)(F)F)C1. The summed E-state index contributed by atoms with van der Waals surface area (Å²) in [5, 5.41) is 2.48. The highest BCUT2D eigenvalue weighted by molar-refractivity contribution is 5.96. The van der Waals surface area contributed by atoms with E-state index in [2.05, 4.69) is 10.3 Å². The fraction of sp³-hybridized carbons (Fsp3) is 0.417. The van der Waals surface area contributed by atoms with E-state index < -0.39 is 30.5 Å². The number of anilines is 1. The number of rotatable bonds is 3. The molecule has 1 aliphatic heterocycles.